The molecule has 1 saturated carbocycles. The molecule has 31 heavy (non-hydrogen) atoms. The second kappa shape index (κ2) is 12.2. The molecular formula is C22H37IN4O3S. The molecule has 1 aromatic rings. The van der Waals surface area contributed by atoms with Crippen molar-refractivity contribution in [3.63, 3.8) is 0 Å². The summed E-state index contributed by atoms with van der Waals surface area (Å²) in [5, 5.41) is 6.60. The van der Waals surface area contributed by atoms with Crippen molar-refractivity contribution in [1.82, 2.24) is 14.9 Å². The maximum absolute atomic E-state index is 12.0. The Bertz CT molecular complexity index is 841. The summed E-state index contributed by atoms with van der Waals surface area (Å²) in [7, 11) is -3.17. The fraction of sp³-hybridized carbons (Fsp3) is 0.682. The van der Waals surface area contributed by atoms with Crippen LogP contribution < -0.4 is 15.4 Å². The molecule has 1 saturated heterocycles. The molecule has 0 unspecified atom stereocenters. The van der Waals surface area contributed by atoms with E-state index in [-0.39, 0.29) is 30.0 Å². The van der Waals surface area contributed by atoms with E-state index in [1.807, 2.05) is 6.92 Å². The smallest absolute Gasteiger partial charge is 0.211 e. The number of guanidine groups is 1. The van der Waals surface area contributed by atoms with Gasteiger partial charge in [0.15, 0.2) is 5.96 Å². The van der Waals surface area contributed by atoms with Crippen LogP contribution in [-0.2, 0) is 16.6 Å². The Morgan fingerprint density at radius 1 is 1.19 bits per heavy atom. The van der Waals surface area contributed by atoms with Crippen molar-refractivity contribution in [1.29, 1.82) is 0 Å². The van der Waals surface area contributed by atoms with E-state index in [0.717, 1.165) is 43.5 Å². The van der Waals surface area contributed by atoms with E-state index in [0.29, 0.717) is 31.7 Å². The molecule has 1 aromatic carbocycles. The van der Waals surface area contributed by atoms with Crippen LogP contribution in [-0.4, -0.2) is 56.7 Å². The van der Waals surface area contributed by atoms with Crippen molar-refractivity contribution < 1.29 is 13.2 Å². The number of nitrogens with zero attached hydrogens (tertiary/aromatic N) is 2. The van der Waals surface area contributed by atoms with Crippen molar-refractivity contribution in [2.24, 2.45) is 4.99 Å². The van der Waals surface area contributed by atoms with Crippen LogP contribution in [0.5, 0.6) is 5.75 Å². The number of hydrogen-bond acceptors (Lipinski definition) is 4. The van der Waals surface area contributed by atoms with Gasteiger partial charge in [-0.25, -0.2) is 13.4 Å². The van der Waals surface area contributed by atoms with Gasteiger partial charge < -0.3 is 15.4 Å². The van der Waals surface area contributed by atoms with Gasteiger partial charge in [-0.3, -0.25) is 0 Å². The number of ether oxygens (including phenoxy) is 1. The minimum Gasteiger partial charge on any atom is -0.490 e. The van der Waals surface area contributed by atoms with Crippen molar-refractivity contribution in [2.45, 2.75) is 71.1 Å². The molecule has 1 heterocycles. The van der Waals surface area contributed by atoms with Crippen molar-refractivity contribution >= 4 is 40.0 Å². The Hall–Kier alpha value is -1.07. The van der Waals surface area contributed by atoms with E-state index in [1.54, 1.807) is 4.31 Å². The van der Waals surface area contributed by atoms with Gasteiger partial charge in [-0.1, -0.05) is 12.1 Å². The van der Waals surface area contributed by atoms with Gasteiger partial charge in [-0.05, 0) is 64.0 Å². The molecule has 9 heteroatoms. The van der Waals surface area contributed by atoms with E-state index < -0.39 is 10.0 Å². The molecule has 0 amide bonds. The maximum Gasteiger partial charge on any atom is 0.211 e. The van der Waals surface area contributed by atoms with Gasteiger partial charge >= 0.3 is 0 Å². The van der Waals surface area contributed by atoms with Gasteiger partial charge in [0.25, 0.3) is 0 Å². The number of nitrogens with one attached hydrogen (secondary N) is 2. The monoisotopic (exact) mass is 564 g/mol. The Morgan fingerprint density at radius 3 is 2.61 bits per heavy atom. The zero-order valence-electron chi connectivity index (χ0n) is 18.9. The summed E-state index contributed by atoms with van der Waals surface area (Å²) in [6, 6.07) is 6.26. The van der Waals surface area contributed by atoms with Crippen molar-refractivity contribution in [2.75, 3.05) is 25.9 Å². The molecule has 0 bridgehead atoms. The van der Waals surface area contributed by atoms with E-state index in [1.165, 1.54) is 24.7 Å². The van der Waals surface area contributed by atoms with Gasteiger partial charge in [-0.15, -0.1) is 24.0 Å². The molecule has 1 atom stereocenters. The summed E-state index contributed by atoms with van der Waals surface area (Å²) in [6.07, 6.45) is 8.10. The molecule has 2 fully saturated rings. The van der Waals surface area contributed by atoms with Crippen LogP contribution in [0.2, 0.25) is 0 Å². The molecule has 3 rings (SSSR count). The number of aryl methyl sites for hydroxylation is 1. The number of halogens is 1. The third-order valence-electron chi connectivity index (χ3n) is 5.82. The molecule has 7 nitrogen and oxygen atoms in total. The normalized spacial score (nSPS) is 20.5. The van der Waals surface area contributed by atoms with Gasteiger partial charge in [0.1, 0.15) is 5.75 Å². The van der Waals surface area contributed by atoms with Crippen molar-refractivity contribution in [3.05, 3.63) is 29.3 Å². The molecular weight excluding hydrogens is 527 g/mol. The highest BCUT2D eigenvalue weighted by molar-refractivity contribution is 14.0. The van der Waals surface area contributed by atoms with E-state index >= 15 is 0 Å². The van der Waals surface area contributed by atoms with Crippen LogP contribution >= 0.6 is 24.0 Å². The van der Waals surface area contributed by atoms with Crippen molar-refractivity contribution in [3.8, 4) is 5.75 Å². The molecule has 0 aromatic heterocycles. The van der Waals surface area contributed by atoms with Gasteiger partial charge in [-0.2, -0.15) is 4.31 Å². The summed E-state index contributed by atoms with van der Waals surface area (Å²) >= 11 is 0. The lowest BCUT2D eigenvalue weighted by Crippen LogP contribution is -2.46. The first-order valence-corrected chi connectivity index (χ1v) is 13.0. The zero-order valence-corrected chi connectivity index (χ0v) is 22.0. The molecule has 0 radical (unpaired) electrons. The molecule has 1 aliphatic carbocycles. The Balaban J connectivity index is 0.00000341. The molecule has 1 aliphatic heterocycles. The Morgan fingerprint density at radius 2 is 1.94 bits per heavy atom. The highest BCUT2D eigenvalue weighted by Gasteiger charge is 2.31. The maximum atomic E-state index is 12.0. The minimum atomic E-state index is -3.17. The second-order valence-electron chi connectivity index (χ2n) is 8.38. The topological polar surface area (TPSA) is 83.0 Å². The summed E-state index contributed by atoms with van der Waals surface area (Å²) in [5.74, 6) is 1.63. The van der Waals surface area contributed by atoms with Crippen LogP contribution in [0.3, 0.4) is 0 Å². The van der Waals surface area contributed by atoms with E-state index in [2.05, 4.69) is 35.8 Å². The number of rotatable bonds is 8. The van der Waals surface area contributed by atoms with Crippen LogP contribution in [0.15, 0.2) is 23.2 Å². The van der Waals surface area contributed by atoms with Gasteiger partial charge in [0.05, 0.1) is 18.9 Å². The third-order valence-corrected chi connectivity index (χ3v) is 7.16. The molecule has 2 aliphatic rings. The summed E-state index contributed by atoms with van der Waals surface area (Å²) in [4.78, 5) is 4.74. The van der Waals surface area contributed by atoms with Crippen LogP contribution in [0.4, 0.5) is 0 Å². The lowest BCUT2D eigenvalue weighted by Gasteiger charge is -2.23. The van der Waals surface area contributed by atoms with Crippen LogP contribution in [0, 0.1) is 6.92 Å². The number of benzene rings is 1. The molecule has 2 N–H and O–H groups in total. The quantitative estimate of drug-likeness (QED) is 0.288. The SMILES string of the molecule is CCNC(=NCc1ccc(C)cc1OC1CCCC1)NC[C@H]1CCCN1S(C)(=O)=O.I. The first-order chi connectivity index (χ1) is 14.4. The van der Waals surface area contributed by atoms with E-state index in [4.69, 9.17) is 9.73 Å². The fourth-order valence-corrected chi connectivity index (χ4v) is 5.44. The van der Waals surface area contributed by atoms with Crippen LogP contribution in [0.1, 0.15) is 56.6 Å². The third kappa shape index (κ3) is 7.78. The lowest BCUT2D eigenvalue weighted by atomic mass is 10.1. The zero-order chi connectivity index (χ0) is 21.6. The fourth-order valence-electron chi connectivity index (χ4n) is 4.26. The lowest BCUT2D eigenvalue weighted by molar-refractivity contribution is 0.208. The Kier molecular flexibility index (Phi) is 10.3. The summed E-state index contributed by atoms with van der Waals surface area (Å²) in [6.45, 7) is 6.51. The average Bonchev–Trinajstić information content (AvgIpc) is 3.36. The highest BCUT2D eigenvalue weighted by atomic mass is 127. The van der Waals surface area contributed by atoms with Gasteiger partial charge in [0, 0.05) is 31.2 Å². The summed E-state index contributed by atoms with van der Waals surface area (Å²) in [5.41, 5.74) is 2.26. The van der Waals surface area contributed by atoms with Crippen LogP contribution in [0.25, 0.3) is 0 Å². The second-order valence-corrected chi connectivity index (χ2v) is 10.3. The Labute approximate surface area is 204 Å². The first kappa shape index (κ1) is 26.2. The van der Waals surface area contributed by atoms with Gasteiger partial charge in [0.2, 0.25) is 10.0 Å². The predicted molar refractivity (Wildman–Crippen MR) is 137 cm³/mol. The van der Waals surface area contributed by atoms with E-state index in [9.17, 15) is 8.42 Å². The minimum absolute atomic E-state index is 0. The number of aliphatic imine (C=N–C) groups is 1. The average molecular weight is 565 g/mol. The molecule has 176 valence electrons. The summed E-state index contributed by atoms with van der Waals surface area (Å²) < 4.78 is 31.8. The molecule has 0 spiro atoms. The number of sulfonamides is 1. The highest BCUT2D eigenvalue weighted by Crippen LogP contribution is 2.28. The predicted octanol–water partition coefficient (Wildman–Crippen LogP) is 3.41. The first-order valence-electron chi connectivity index (χ1n) is 11.1. The number of hydrogen-bond donors (Lipinski definition) is 2. The largest absolute Gasteiger partial charge is 0.490 e. The standard InChI is InChI=1S/C22H36N4O3S.HI/c1-4-23-22(25-16-19-8-7-13-26(19)30(3,27)28)24-15-18-12-11-17(2)14-21(18)29-20-9-5-6-10-20;/h11-12,14,19-20H,4-10,13,15-16H2,1-3H3,(H2,23,24,25);1H/t19-;/m1./s1.